The number of nitrogens with one attached hydrogen (secondary N) is 1. The van der Waals surface area contributed by atoms with Gasteiger partial charge in [-0.25, -0.2) is 0 Å². The molecule has 2 heterocycles. The van der Waals surface area contributed by atoms with Crippen LogP contribution in [-0.2, 0) is 4.79 Å². The second kappa shape index (κ2) is 7.10. The highest BCUT2D eigenvalue weighted by Gasteiger charge is 2.18. The minimum atomic E-state index is 0.320. The Kier molecular flexibility index (Phi) is 5.45. The van der Waals surface area contributed by atoms with Crippen molar-refractivity contribution in [2.75, 3.05) is 46.3 Å². The first-order valence-electron chi connectivity index (χ1n) is 7.43. The van der Waals surface area contributed by atoms with E-state index < -0.39 is 0 Å². The summed E-state index contributed by atoms with van der Waals surface area (Å²) in [6, 6.07) is 0. The Bertz CT molecular complexity index is 258. The molecule has 0 aliphatic carbocycles. The van der Waals surface area contributed by atoms with Crippen molar-refractivity contribution >= 4 is 5.91 Å². The standard InChI is InChI=1S/C14H27N3O/c1-16(10-11-17-8-2-3-9-17)14(18)5-4-13-6-7-15-12-13/h13,15H,2-12H2,1H3. The van der Waals surface area contributed by atoms with Crippen LogP contribution in [0.15, 0.2) is 0 Å². The summed E-state index contributed by atoms with van der Waals surface area (Å²) in [6.07, 6.45) is 5.67. The Morgan fingerprint density at radius 3 is 2.83 bits per heavy atom. The molecule has 2 saturated heterocycles. The first kappa shape index (κ1) is 13.8. The largest absolute Gasteiger partial charge is 0.344 e. The Morgan fingerprint density at radius 1 is 1.39 bits per heavy atom. The maximum absolute atomic E-state index is 12.0. The summed E-state index contributed by atoms with van der Waals surface area (Å²) in [7, 11) is 1.95. The fourth-order valence-corrected chi connectivity index (χ4v) is 2.90. The molecule has 0 bridgehead atoms. The first-order chi connectivity index (χ1) is 8.75. The van der Waals surface area contributed by atoms with Crippen LogP contribution in [0.3, 0.4) is 0 Å². The van der Waals surface area contributed by atoms with Crippen molar-refractivity contribution in [3.63, 3.8) is 0 Å². The lowest BCUT2D eigenvalue weighted by Crippen LogP contribution is -2.35. The zero-order chi connectivity index (χ0) is 12.8. The molecular formula is C14H27N3O. The van der Waals surface area contributed by atoms with Gasteiger partial charge in [-0.05, 0) is 57.8 Å². The van der Waals surface area contributed by atoms with E-state index in [1.165, 1.54) is 32.4 Å². The normalized spacial score (nSPS) is 24.6. The van der Waals surface area contributed by atoms with Gasteiger partial charge in [-0.2, -0.15) is 0 Å². The van der Waals surface area contributed by atoms with E-state index in [0.29, 0.717) is 5.91 Å². The lowest BCUT2D eigenvalue weighted by molar-refractivity contribution is -0.130. The van der Waals surface area contributed by atoms with Gasteiger partial charge in [0.1, 0.15) is 0 Å². The molecule has 2 aliphatic heterocycles. The second-order valence-electron chi connectivity index (χ2n) is 5.76. The Labute approximate surface area is 111 Å². The SMILES string of the molecule is CN(CCN1CCCC1)C(=O)CCC1CCNC1. The molecule has 0 radical (unpaired) electrons. The molecule has 0 aromatic rings. The summed E-state index contributed by atoms with van der Waals surface area (Å²) < 4.78 is 0. The molecule has 1 atom stereocenters. The van der Waals surface area contributed by atoms with Crippen molar-refractivity contribution < 1.29 is 4.79 Å². The first-order valence-corrected chi connectivity index (χ1v) is 7.43. The molecule has 104 valence electrons. The zero-order valence-corrected chi connectivity index (χ0v) is 11.7. The quantitative estimate of drug-likeness (QED) is 0.765. The van der Waals surface area contributed by atoms with Crippen LogP contribution in [0.25, 0.3) is 0 Å². The lowest BCUT2D eigenvalue weighted by Gasteiger charge is -2.22. The van der Waals surface area contributed by atoms with E-state index in [9.17, 15) is 4.79 Å². The van der Waals surface area contributed by atoms with Crippen LogP contribution in [0, 0.1) is 5.92 Å². The molecule has 2 aliphatic rings. The third-order valence-electron chi connectivity index (χ3n) is 4.30. The molecule has 4 nitrogen and oxygen atoms in total. The van der Waals surface area contributed by atoms with E-state index in [2.05, 4.69) is 10.2 Å². The maximum Gasteiger partial charge on any atom is 0.222 e. The average Bonchev–Trinajstić information content (AvgIpc) is 3.05. The topological polar surface area (TPSA) is 35.6 Å². The number of likely N-dealkylation sites (N-methyl/N-ethyl adjacent to an activating group) is 1. The molecule has 2 fully saturated rings. The van der Waals surface area contributed by atoms with Crippen molar-refractivity contribution in [1.29, 1.82) is 0 Å². The van der Waals surface area contributed by atoms with Crippen LogP contribution in [0.2, 0.25) is 0 Å². The van der Waals surface area contributed by atoms with Crippen molar-refractivity contribution in [3.8, 4) is 0 Å². The fraction of sp³-hybridized carbons (Fsp3) is 0.929. The van der Waals surface area contributed by atoms with Gasteiger partial charge in [0.05, 0.1) is 0 Å². The van der Waals surface area contributed by atoms with E-state index in [-0.39, 0.29) is 0 Å². The average molecular weight is 253 g/mol. The fourth-order valence-electron chi connectivity index (χ4n) is 2.90. The van der Waals surface area contributed by atoms with Crippen LogP contribution in [0.5, 0.6) is 0 Å². The van der Waals surface area contributed by atoms with Crippen LogP contribution < -0.4 is 5.32 Å². The molecule has 0 aromatic carbocycles. The summed E-state index contributed by atoms with van der Waals surface area (Å²) in [5, 5.41) is 3.36. The maximum atomic E-state index is 12.0. The molecule has 4 heteroatoms. The number of likely N-dealkylation sites (tertiary alicyclic amines) is 1. The van der Waals surface area contributed by atoms with Gasteiger partial charge in [0.15, 0.2) is 0 Å². The monoisotopic (exact) mass is 253 g/mol. The predicted molar refractivity (Wildman–Crippen MR) is 73.5 cm³/mol. The molecule has 2 rings (SSSR count). The third kappa shape index (κ3) is 4.25. The van der Waals surface area contributed by atoms with Crippen molar-refractivity contribution in [2.24, 2.45) is 5.92 Å². The Balaban J connectivity index is 1.58. The molecule has 1 unspecified atom stereocenters. The lowest BCUT2D eigenvalue weighted by atomic mass is 10.0. The molecule has 0 aromatic heterocycles. The summed E-state index contributed by atoms with van der Waals surface area (Å²) >= 11 is 0. The Hall–Kier alpha value is -0.610. The molecule has 0 saturated carbocycles. The van der Waals surface area contributed by atoms with Gasteiger partial charge in [0.2, 0.25) is 5.91 Å². The molecule has 18 heavy (non-hydrogen) atoms. The van der Waals surface area contributed by atoms with Gasteiger partial charge in [-0.3, -0.25) is 4.79 Å². The van der Waals surface area contributed by atoms with Crippen LogP contribution >= 0.6 is 0 Å². The summed E-state index contributed by atoms with van der Waals surface area (Å²) in [5.41, 5.74) is 0. The van der Waals surface area contributed by atoms with Crippen LogP contribution in [0.1, 0.15) is 32.1 Å². The van der Waals surface area contributed by atoms with E-state index >= 15 is 0 Å². The van der Waals surface area contributed by atoms with Gasteiger partial charge in [-0.15, -0.1) is 0 Å². The summed E-state index contributed by atoms with van der Waals surface area (Å²) in [6.45, 7) is 6.61. The summed E-state index contributed by atoms with van der Waals surface area (Å²) in [5.74, 6) is 1.04. The zero-order valence-electron chi connectivity index (χ0n) is 11.7. The van der Waals surface area contributed by atoms with Crippen LogP contribution in [-0.4, -0.2) is 62.0 Å². The van der Waals surface area contributed by atoms with E-state index in [1.807, 2.05) is 11.9 Å². The Morgan fingerprint density at radius 2 is 2.17 bits per heavy atom. The number of carbonyl (C=O) groups excluding carboxylic acids is 1. The van der Waals surface area contributed by atoms with Crippen molar-refractivity contribution in [1.82, 2.24) is 15.1 Å². The third-order valence-corrected chi connectivity index (χ3v) is 4.30. The van der Waals surface area contributed by atoms with Gasteiger partial charge >= 0.3 is 0 Å². The highest BCUT2D eigenvalue weighted by Crippen LogP contribution is 2.15. The smallest absolute Gasteiger partial charge is 0.222 e. The van der Waals surface area contributed by atoms with Crippen LogP contribution in [0.4, 0.5) is 0 Å². The molecule has 1 amide bonds. The van der Waals surface area contributed by atoms with E-state index in [4.69, 9.17) is 0 Å². The highest BCUT2D eigenvalue weighted by molar-refractivity contribution is 5.75. The predicted octanol–water partition coefficient (Wildman–Crippen LogP) is 0.930. The van der Waals surface area contributed by atoms with E-state index in [0.717, 1.165) is 44.9 Å². The molecule has 1 N–H and O–H groups in total. The number of amides is 1. The van der Waals surface area contributed by atoms with Gasteiger partial charge in [0.25, 0.3) is 0 Å². The number of nitrogens with zero attached hydrogens (tertiary/aromatic N) is 2. The number of carbonyl (C=O) groups is 1. The van der Waals surface area contributed by atoms with Gasteiger partial charge in [0, 0.05) is 26.6 Å². The minimum Gasteiger partial charge on any atom is -0.344 e. The molecule has 0 spiro atoms. The van der Waals surface area contributed by atoms with Crippen molar-refractivity contribution in [3.05, 3.63) is 0 Å². The van der Waals surface area contributed by atoms with Gasteiger partial charge in [-0.1, -0.05) is 0 Å². The number of rotatable bonds is 6. The molecular weight excluding hydrogens is 226 g/mol. The second-order valence-corrected chi connectivity index (χ2v) is 5.76. The van der Waals surface area contributed by atoms with Crippen molar-refractivity contribution in [2.45, 2.75) is 32.1 Å². The highest BCUT2D eigenvalue weighted by atomic mass is 16.2. The summed E-state index contributed by atoms with van der Waals surface area (Å²) in [4.78, 5) is 16.4. The number of hydrogen-bond acceptors (Lipinski definition) is 3. The van der Waals surface area contributed by atoms with E-state index in [1.54, 1.807) is 0 Å². The van der Waals surface area contributed by atoms with Gasteiger partial charge < -0.3 is 15.1 Å². The number of hydrogen-bond donors (Lipinski definition) is 1. The minimum absolute atomic E-state index is 0.320.